The lowest BCUT2D eigenvalue weighted by Crippen LogP contribution is -2.21. The second-order valence-corrected chi connectivity index (χ2v) is 8.19. The summed E-state index contributed by atoms with van der Waals surface area (Å²) in [6.45, 7) is 1.80. The Hall–Kier alpha value is -3.42. The Balaban J connectivity index is 1.51. The monoisotopic (exact) mass is 461 g/mol. The number of carbonyl (C=O) groups excluding carboxylic acids is 1. The van der Waals surface area contributed by atoms with Gasteiger partial charge in [0.15, 0.2) is 11.0 Å². The quantitative estimate of drug-likeness (QED) is 0.232. The lowest BCUT2D eigenvalue weighted by atomic mass is 10.1. The molecule has 0 radical (unpaired) electrons. The van der Waals surface area contributed by atoms with Crippen LogP contribution in [-0.2, 0) is 4.79 Å². The van der Waals surface area contributed by atoms with E-state index in [0.29, 0.717) is 21.7 Å². The molecule has 0 aliphatic heterocycles. The average molecular weight is 462 g/mol. The summed E-state index contributed by atoms with van der Waals surface area (Å²) in [6, 6.07) is 27.0. The number of hydrazone groups is 1. The minimum absolute atomic E-state index is 0.138. The molecule has 160 valence electrons. The summed E-state index contributed by atoms with van der Waals surface area (Å²) in [4.78, 5) is 12.4. The van der Waals surface area contributed by atoms with Gasteiger partial charge < -0.3 is 0 Å². The highest BCUT2D eigenvalue weighted by atomic mass is 35.5. The summed E-state index contributed by atoms with van der Waals surface area (Å²) in [7, 11) is 0. The fraction of sp³-hybridized carbons (Fsp3) is 0.0833. The number of rotatable bonds is 7. The molecule has 0 atom stereocenters. The summed E-state index contributed by atoms with van der Waals surface area (Å²) in [5.41, 5.74) is 5.86. The van der Waals surface area contributed by atoms with Crippen LogP contribution >= 0.6 is 23.4 Å². The highest BCUT2D eigenvalue weighted by Gasteiger charge is 2.17. The molecule has 0 bridgehead atoms. The number of benzene rings is 3. The van der Waals surface area contributed by atoms with Crippen LogP contribution in [-0.4, -0.2) is 32.1 Å². The second kappa shape index (κ2) is 10.3. The Morgan fingerprint density at radius 2 is 1.62 bits per heavy atom. The lowest BCUT2D eigenvalue weighted by Gasteiger charge is -2.10. The molecule has 1 amide bonds. The van der Waals surface area contributed by atoms with Crippen LogP contribution in [0.5, 0.6) is 0 Å². The van der Waals surface area contributed by atoms with E-state index in [1.165, 1.54) is 11.8 Å². The summed E-state index contributed by atoms with van der Waals surface area (Å²) >= 11 is 7.49. The predicted octanol–water partition coefficient (Wildman–Crippen LogP) is 5.22. The predicted molar refractivity (Wildman–Crippen MR) is 129 cm³/mol. The van der Waals surface area contributed by atoms with Crippen molar-refractivity contribution < 1.29 is 4.79 Å². The zero-order valence-electron chi connectivity index (χ0n) is 17.3. The van der Waals surface area contributed by atoms with Crippen molar-refractivity contribution in [1.82, 2.24) is 20.2 Å². The van der Waals surface area contributed by atoms with Crippen molar-refractivity contribution in [3.05, 3.63) is 95.5 Å². The molecular formula is C24H20ClN5OS. The number of nitrogens with one attached hydrogen (secondary N) is 1. The molecule has 1 N–H and O–H groups in total. The molecule has 0 aliphatic carbocycles. The third-order valence-corrected chi connectivity index (χ3v) is 5.88. The van der Waals surface area contributed by atoms with E-state index in [4.69, 9.17) is 11.6 Å². The van der Waals surface area contributed by atoms with Gasteiger partial charge in [-0.2, -0.15) is 5.10 Å². The number of aromatic nitrogens is 3. The Morgan fingerprint density at radius 1 is 0.969 bits per heavy atom. The molecule has 0 saturated heterocycles. The highest BCUT2D eigenvalue weighted by Crippen LogP contribution is 2.27. The zero-order chi connectivity index (χ0) is 22.3. The topological polar surface area (TPSA) is 72.2 Å². The van der Waals surface area contributed by atoms with Gasteiger partial charge in [-0.3, -0.25) is 9.36 Å². The Morgan fingerprint density at radius 3 is 2.34 bits per heavy atom. The van der Waals surface area contributed by atoms with Crippen LogP contribution in [0.3, 0.4) is 0 Å². The molecule has 1 aromatic heterocycles. The van der Waals surface area contributed by atoms with Crippen molar-refractivity contribution in [2.24, 2.45) is 5.10 Å². The number of halogens is 1. The molecule has 0 aliphatic rings. The van der Waals surface area contributed by atoms with E-state index in [9.17, 15) is 4.79 Å². The third-order valence-electron chi connectivity index (χ3n) is 4.62. The van der Waals surface area contributed by atoms with Crippen LogP contribution in [0.25, 0.3) is 17.1 Å². The van der Waals surface area contributed by atoms with Crippen molar-refractivity contribution in [1.29, 1.82) is 0 Å². The van der Waals surface area contributed by atoms with E-state index in [2.05, 4.69) is 20.7 Å². The van der Waals surface area contributed by atoms with Crippen molar-refractivity contribution in [3.63, 3.8) is 0 Å². The van der Waals surface area contributed by atoms with Crippen LogP contribution in [0.15, 0.2) is 95.2 Å². The summed E-state index contributed by atoms with van der Waals surface area (Å²) in [5, 5.41) is 14.1. The standard InChI is InChI=1S/C24H20ClN5OS/c1-17(20-14-8-9-15-21(20)25)26-27-22(31)16-32-24-29-28-23(18-10-4-2-5-11-18)30(24)19-12-6-3-7-13-19/h2-15H,16H2,1H3,(H,27,31)/b26-17+. The molecule has 0 fully saturated rings. The van der Waals surface area contributed by atoms with Gasteiger partial charge in [0, 0.05) is 21.8 Å². The zero-order valence-corrected chi connectivity index (χ0v) is 18.8. The minimum atomic E-state index is -0.245. The van der Waals surface area contributed by atoms with Gasteiger partial charge in [-0.25, -0.2) is 5.43 Å². The maximum absolute atomic E-state index is 12.4. The van der Waals surface area contributed by atoms with Gasteiger partial charge in [0.2, 0.25) is 0 Å². The SMILES string of the molecule is C/C(=N\NC(=O)CSc1nnc(-c2ccccc2)n1-c1ccccc1)c1ccccc1Cl. The van der Waals surface area contributed by atoms with Crippen LogP contribution in [0.4, 0.5) is 0 Å². The average Bonchev–Trinajstić information content (AvgIpc) is 3.26. The van der Waals surface area contributed by atoms with Gasteiger partial charge in [-0.1, -0.05) is 90.1 Å². The maximum atomic E-state index is 12.4. The van der Waals surface area contributed by atoms with Gasteiger partial charge in [-0.05, 0) is 25.1 Å². The number of thioether (sulfide) groups is 1. The molecule has 4 rings (SSSR count). The number of hydrogen-bond donors (Lipinski definition) is 1. The summed E-state index contributed by atoms with van der Waals surface area (Å²) in [5.74, 6) is 0.608. The normalized spacial score (nSPS) is 11.4. The number of amides is 1. The lowest BCUT2D eigenvalue weighted by molar-refractivity contribution is -0.118. The van der Waals surface area contributed by atoms with Gasteiger partial charge in [-0.15, -0.1) is 10.2 Å². The smallest absolute Gasteiger partial charge is 0.250 e. The molecular weight excluding hydrogens is 442 g/mol. The first-order valence-corrected chi connectivity index (χ1v) is 11.3. The van der Waals surface area contributed by atoms with Gasteiger partial charge in [0.05, 0.1) is 11.5 Å². The summed E-state index contributed by atoms with van der Waals surface area (Å²) in [6.07, 6.45) is 0. The van der Waals surface area contributed by atoms with Crippen molar-refractivity contribution in [3.8, 4) is 17.1 Å². The number of para-hydroxylation sites is 1. The number of hydrogen-bond acceptors (Lipinski definition) is 5. The Kier molecular flexibility index (Phi) is 6.99. The molecule has 1 heterocycles. The number of carbonyl (C=O) groups is 1. The van der Waals surface area contributed by atoms with Gasteiger partial charge in [0.1, 0.15) is 0 Å². The minimum Gasteiger partial charge on any atom is -0.272 e. The molecule has 0 saturated carbocycles. The van der Waals surface area contributed by atoms with Crippen LogP contribution in [0.2, 0.25) is 5.02 Å². The van der Waals surface area contributed by atoms with Crippen molar-refractivity contribution in [2.75, 3.05) is 5.75 Å². The van der Waals surface area contributed by atoms with Gasteiger partial charge >= 0.3 is 0 Å². The van der Waals surface area contributed by atoms with Gasteiger partial charge in [0.25, 0.3) is 5.91 Å². The Labute approximate surface area is 195 Å². The molecule has 0 unspecified atom stereocenters. The first kappa shape index (κ1) is 21.8. The third kappa shape index (κ3) is 5.07. The fourth-order valence-corrected chi connectivity index (χ4v) is 4.09. The fourth-order valence-electron chi connectivity index (χ4n) is 3.07. The second-order valence-electron chi connectivity index (χ2n) is 6.84. The van der Waals surface area contributed by atoms with E-state index in [-0.39, 0.29) is 11.7 Å². The van der Waals surface area contributed by atoms with E-state index < -0.39 is 0 Å². The van der Waals surface area contributed by atoms with Crippen LogP contribution in [0.1, 0.15) is 12.5 Å². The molecule has 8 heteroatoms. The van der Waals surface area contributed by atoms with Crippen molar-refractivity contribution >= 4 is 35.0 Å². The van der Waals surface area contributed by atoms with E-state index in [1.54, 1.807) is 13.0 Å². The van der Waals surface area contributed by atoms with E-state index >= 15 is 0 Å². The molecule has 3 aromatic carbocycles. The maximum Gasteiger partial charge on any atom is 0.250 e. The molecule has 6 nitrogen and oxygen atoms in total. The molecule has 32 heavy (non-hydrogen) atoms. The van der Waals surface area contributed by atoms with Crippen molar-refractivity contribution in [2.45, 2.75) is 12.1 Å². The van der Waals surface area contributed by atoms with E-state index in [0.717, 1.165) is 16.8 Å². The Bertz CT molecular complexity index is 1240. The summed E-state index contributed by atoms with van der Waals surface area (Å²) < 4.78 is 1.95. The van der Waals surface area contributed by atoms with Crippen LogP contribution < -0.4 is 5.43 Å². The first-order valence-electron chi connectivity index (χ1n) is 9.90. The number of nitrogens with zero attached hydrogens (tertiary/aromatic N) is 4. The van der Waals surface area contributed by atoms with Crippen LogP contribution in [0, 0.1) is 0 Å². The first-order chi connectivity index (χ1) is 15.6. The molecule has 4 aromatic rings. The molecule has 0 spiro atoms. The highest BCUT2D eigenvalue weighted by molar-refractivity contribution is 7.99. The van der Waals surface area contributed by atoms with E-state index in [1.807, 2.05) is 83.4 Å². The largest absolute Gasteiger partial charge is 0.272 e.